The molecule has 0 saturated carbocycles. The van der Waals surface area contributed by atoms with Crippen LogP contribution in [0.3, 0.4) is 0 Å². The van der Waals surface area contributed by atoms with Crippen molar-refractivity contribution < 1.29 is 22.7 Å². The highest BCUT2D eigenvalue weighted by atomic mass is 35.5. The number of rotatable bonds is 6. The number of hydrogen-bond donors (Lipinski definition) is 3. The molecule has 1 unspecified atom stereocenters. The average Bonchev–Trinajstić information content (AvgIpc) is 2.67. The molecule has 1 aliphatic rings. The van der Waals surface area contributed by atoms with Gasteiger partial charge in [-0.1, -0.05) is 30.7 Å². The van der Waals surface area contributed by atoms with Crippen LogP contribution in [0.5, 0.6) is 5.75 Å². The number of halogens is 1. The van der Waals surface area contributed by atoms with Crippen molar-refractivity contribution in [3.8, 4) is 5.75 Å². The Morgan fingerprint density at radius 1 is 1.28 bits per heavy atom. The number of carbonyl (C=O) groups is 2. The number of nitrogens with one attached hydrogen (secondary N) is 3. The van der Waals surface area contributed by atoms with E-state index in [1.165, 1.54) is 12.1 Å². The summed E-state index contributed by atoms with van der Waals surface area (Å²) in [7, 11) is -3.96. The van der Waals surface area contributed by atoms with Gasteiger partial charge in [0.2, 0.25) is 15.9 Å². The van der Waals surface area contributed by atoms with Gasteiger partial charge in [-0.25, -0.2) is 13.1 Å². The van der Waals surface area contributed by atoms with E-state index >= 15 is 0 Å². The van der Waals surface area contributed by atoms with E-state index in [0.29, 0.717) is 23.4 Å². The number of amides is 2. The van der Waals surface area contributed by atoms with Gasteiger partial charge in [0.1, 0.15) is 10.6 Å². The molecule has 0 spiro atoms. The Bertz CT molecular complexity index is 1050. The Morgan fingerprint density at radius 3 is 2.62 bits per heavy atom. The average molecular weight is 438 g/mol. The van der Waals surface area contributed by atoms with Crippen LogP contribution in [0.15, 0.2) is 41.3 Å². The minimum atomic E-state index is -3.96. The third-order valence-electron chi connectivity index (χ3n) is 4.30. The van der Waals surface area contributed by atoms with Gasteiger partial charge in [0.15, 0.2) is 6.61 Å². The monoisotopic (exact) mass is 437 g/mol. The predicted molar refractivity (Wildman–Crippen MR) is 110 cm³/mol. The highest BCUT2D eigenvalue weighted by molar-refractivity contribution is 7.89. The summed E-state index contributed by atoms with van der Waals surface area (Å²) in [4.78, 5) is 22.7. The van der Waals surface area contributed by atoms with Crippen molar-refractivity contribution in [2.24, 2.45) is 0 Å². The predicted octanol–water partition coefficient (Wildman–Crippen LogP) is 3.06. The summed E-state index contributed by atoms with van der Waals surface area (Å²) in [5.74, 6) is -0.209. The molecule has 0 aliphatic carbocycles. The minimum Gasteiger partial charge on any atom is -0.482 e. The number of anilines is 2. The molecule has 29 heavy (non-hydrogen) atoms. The third kappa shape index (κ3) is 4.87. The lowest BCUT2D eigenvalue weighted by Crippen LogP contribution is -2.28. The molecule has 3 N–H and O–H groups in total. The number of sulfonamides is 1. The number of carbonyl (C=O) groups excluding carboxylic acids is 2. The highest BCUT2D eigenvalue weighted by Gasteiger charge is 2.26. The molecule has 1 aliphatic heterocycles. The second kappa shape index (κ2) is 8.40. The quantitative estimate of drug-likeness (QED) is 0.642. The summed E-state index contributed by atoms with van der Waals surface area (Å²) in [6.45, 7) is 3.25. The molecule has 3 rings (SSSR count). The maximum absolute atomic E-state index is 12.8. The third-order valence-corrected chi connectivity index (χ3v) is 6.31. The first-order valence-electron chi connectivity index (χ1n) is 8.88. The smallest absolute Gasteiger partial charge is 0.262 e. The van der Waals surface area contributed by atoms with Gasteiger partial charge >= 0.3 is 0 Å². The summed E-state index contributed by atoms with van der Waals surface area (Å²) < 4.78 is 33.5. The molecular weight excluding hydrogens is 418 g/mol. The van der Waals surface area contributed by atoms with Crippen LogP contribution in [0.1, 0.15) is 31.9 Å². The molecule has 2 aromatic carbocycles. The Hall–Kier alpha value is -2.62. The zero-order chi connectivity index (χ0) is 21.2. The molecule has 0 bridgehead atoms. The molecule has 8 nitrogen and oxygen atoms in total. The second-order valence-corrected chi connectivity index (χ2v) is 8.57. The fourth-order valence-electron chi connectivity index (χ4n) is 2.76. The number of benzene rings is 2. The van der Waals surface area contributed by atoms with Gasteiger partial charge < -0.3 is 15.4 Å². The van der Waals surface area contributed by atoms with Crippen LogP contribution >= 0.6 is 11.6 Å². The van der Waals surface area contributed by atoms with Crippen molar-refractivity contribution in [2.45, 2.75) is 31.2 Å². The van der Waals surface area contributed by atoms with Crippen LogP contribution in [0, 0.1) is 0 Å². The van der Waals surface area contributed by atoms with Gasteiger partial charge in [0, 0.05) is 24.2 Å². The van der Waals surface area contributed by atoms with Crippen molar-refractivity contribution in [3.05, 3.63) is 47.0 Å². The maximum atomic E-state index is 12.8. The topological polar surface area (TPSA) is 114 Å². The molecule has 0 aromatic heterocycles. The SMILES string of the molecule is CCC(=O)Nc1ccc(C(C)NS(=O)(=O)c2cc3c(cc2Cl)NC(=O)CO3)cc1. The van der Waals surface area contributed by atoms with E-state index in [-0.39, 0.29) is 34.1 Å². The standard InChI is InChI=1S/C19H20ClN3O5S/c1-3-18(24)21-13-6-4-12(5-7-13)11(2)23-29(26,27)17-9-16-15(8-14(17)20)22-19(25)10-28-16/h4-9,11,23H,3,10H2,1-2H3,(H,21,24)(H,22,25). The van der Waals surface area contributed by atoms with E-state index in [1.54, 1.807) is 38.1 Å². The molecule has 0 radical (unpaired) electrons. The Kier molecular flexibility index (Phi) is 6.11. The van der Waals surface area contributed by atoms with Crippen molar-refractivity contribution in [2.75, 3.05) is 17.2 Å². The summed E-state index contributed by atoms with van der Waals surface area (Å²) in [6.07, 6.45) is 0.368. The van der Waals surface area contributed by atoms with Crippen LogP contribution in [0.4, 0.5) is 11.4 Å². The number of fused-ring (bicyclic) bond motifs is 1. The molecule has 1 heterocycles. The summed E-state index contributed by atoms with van der Waals surface area (Å²) in [6, 6.07) is 8.95. The normalized spacial score (nSPS) is 14.4. The van der Waals surface area contributed by atoms with Gasteiger partial charge in [0.05, 0.1) is 10.7 Å². The first-order valence-corrected chi connectivity index (χ1v) is 10.7. The fraction of sp³-hybridized carbons (Fsp3) is 0.263. The molecule has 2 amide bonds. The van der Waals surface area contributed by atoms with Crippen molar-refractivity contribution >= 4 is 44.8 Å². The van der Waals surface area contributed by atoms with Crippen LogP contribution in [0.25, 0.3) is 0 Å². The number of ether oxygens (including phenoxy) is 1. The van der Waals surface area contributed by atoms with E-state index in [9.17, 15) is 18.0 Å². The van der Waals surface area contributed by atoms with Gasteiger partial charge in [-0.3, -0.25) is 9.59 Å². The fourth-order valence-corrected chi connectivity index (χ4v) is 4.53. The van der Waals surface area contributed by atoms with Crippen LogP contribution in [0.2, 0.25) is 5.02 Å². The molecule has 0 saturated heterocycles. The molecule has 154 valence electrons. The van der Waals surface area contributed by atoms with E-state index in [1.807, 2.05) is 0 Å². The molecule has 2 aromatic rings. The number of hydrogen-bond acceptors (Lipinski definition) is 5. The summed E-state index contributed by atoms with van der Waals surface area (Å²) in [5, 5.41) is 5.27. The minimum absolute atomic E-state index is 0.0353. The highest BCUT2D eigenvalue weighted by Crippen LogP contribution is 2.36. The zero-order valence-electron chi connectivity index (χ0n) is 15.8. The summed E-state index contributed by atoms with van der Waals surface area (Å²) in [5.41, 5.74) is 1.66. The first kappa shape index (κ1) is 21.1. The van der Waals surface area contributed by atoms with Crippen molar-refractivity contribution in [1.29, 1.82) is 0 Å². The molecular formula is C19H20ClN3O5S. The van der Waals surface area contributed by atoms with Gasteiger partial charge in [-0.15, -0.1) is 0 Å². The lowest BCUT2D eigenvalue weighted by Gasteiger charge is -2.20. The largest absolute Gasteiger partial charge is 0.482 e. The van der Waals surface area contributed by atoms with Gasteiger partial charge in [0.25, 0.3) is 5.91 Å². The van der Waals surface area contributed by atoms with Crippen LogP contribution in [-0.4, -0.2) is 26.8 Å². The van der Waals surface area contributed by atoms with Crippen molar-refractivity contribution in [1.82, 2.24) is 4.72 Å². The van der Waals surface area contributed by atoms with Crippen LogP contribution < -0.4 is 20.1 Å². The van der Waals surface area contributed by atoms with Gasteiger partial charge in [-0.2, -0.15) is 0 Å². The lowest BCUT2D eigenvalue weighted by atomic mass is 10.1. The van der Waals surface area contributed by atoms with Crippen LogP contribution in [-0.2, 0) is 19.6 Å². The van der Waals surface area contributed by atoms with E-state index in [2.05, 4.69) is 15.4 Å². The van der Waals surface area contributed by atoms with E-state index in [0.717, 1.165) is 0 Å². The Labute approximate surface area is 173 Å². The molecule has 10 heteroatoms. The Morgan fingerprint density at radius 2 is 1.97 bits per heavy atom. The van der Waals surface area contributed by atoms with Gasteiger partial charge in [-0.05, 0) is 30.7 Å². The molecule has 0 fully saturated rings. The van der Waals surface area contributed by atoms with E-state index < -0.39 is 16.1 Å². The first-order chi connectivity index (χ1) is 13.7. The van der Waals surface area contributed by atoms with E-state index in [4.69, 9.17) is 16.3 Å². The zero-order valence-corrected chi connectivity index (χ0v) is 17.4. The second-order valence-electron chi connectivity index (χ2n) is 6.48. The summed E-state index contributed by atoms with van der Waals surface area (Å²) >= 11 is 6.14. The lowest BCUT2D eigenvalue weighted by molar-refractivity contribution is -0.118. The van der Waals surface area contributed by atoms with Crippen molar-refractivity contribution in [3.63, 3.8) is 0 Å². The Balaban J connectivity index is 1.78. The molecule has 1 atom stereocenters. The maximum Gasteiger partial charge on any atom is 0.262 e.